The second kappa shape index (κ2) is 11.8. The number of aliphatic imine (C=N–C) groups is 1. The van der Waals surface area contributed by atoms with Crippen molar-refractivity contribution in [1.82, 2.24) is 20.9 Å². The highest BCUT2D eigenvalue weighted by Gasteiger charge is 2.24. The molecule has 0 bridgehead atoms. The van der Waals surface area contributed by atoms with Crippen LogP contribution in [0.5, 0.6) is 0 Å². The number of nitrogens with zero attached hydrogens (tertiary/aromatic N) is 2. The van der Waals surface area contributed by atoms with E-state index in [2.05, 4.69) is 46.7 Å². The molecule has 0 aliphatic heterocycles. The molecule has 0 rings (SSSR count). The van der Waals surface area contributed by atoms with Crippen molar-refractivity contribution in [1.29, 1.82) is 0 Å². The van der Waals surface area contributed by atoms with Gasteiger partial charge in [-0.15, -0.1) is 24.0 Å². The number of carbonyl (C=O) groups excluding carboxylic acids is 1. The molecule has 0 saturated heterocycles. The third kappa shape index (κ3) is 14.1. The molecule has 0 unspecified atom stereocenters. The van der Waals surface area contributed by atoms with E-state index in [1.165, 1.54) is 0 Å². The Hall–Kier alpha value is -0.770. The van der Waals surface area contributed by atoms with Gasteiger partial charge in [-0.25, -0.2) is 4.79 Å². The molecule has 1 amide bonds. The van der Waals surface area contributed by atoms with Gasteiger partial charge in [0.25, 0.3) is 0 Å². The Kier molecular flexibility index (Phi) is 12.5. The maximum Gasteiger partial charge on any atom is 0.408 e. The smallest absolute Gasteiger partial charge is 0.408 e. The SMILES string of the molecule is CN=C(NCCN(C)C(C)C)NCC(C)(C)NC(=O)OC(C)(C)C.I. The Bertz CT molecular complexity index is 420. The highest BCUT2D eigenvalue weighted by atomic mass is 127. The Morgan fingerprint density at radius 2 is 1.72 bits per heavy atom. The molecule has 0 aromatic heterocycles. The maximum absolute atomic E-state index is 11.9. The van der Waals surface area contributed by atoms with Gasteiger partial charge in [-0.05, 0) is 55.5 Å². The average molecular weight is 471 g/mol. The quantitative estimate of drug-likeness (QED) is 0.302. The zero-order chi connectivity index (χ0) is 19.0. The fourth-order valence-corrected chi connectivity index (χ4v) is 1.76. The van der Waals surface area contributed by atoms with Crippen molar-refractivity contribution >= 4 is 36.0 Å². The van der Waals surface area contributed by atoms with Crippen molar-refractivity contribution in [2.75, 3.05) is 33.7 Å². The van der Waals surface area contributed by atoms with Gasteiger partial charge in [0.15, 0.2) is 5.96 Å². The first kappa shape index (κ1) is 26.5. The molecule has 0 aromatic carbocycles. The third-order valence-corrected chi connectivity index (χ3v) is 3.40. The molecule has 0 aliphatic carbocycles. The van der Waals surface area contributed by atoms with Gasteiger partial charge in [0.2, 0.25) is 0 Å². The summed E-state index contributed by atoms with van der Waals surface area (Å²) in [6.45, 7) is 16.0. The van der Waals surface area contributed by atoms with Crippen LogP contribution >= 0.6 is 24.0 Å². The molecule has 25 heavy (non-hydrogen) atoms. The van der Waals surface area contributed by atoms with E-state index in [1.807, 2.05) is 34.6 Å². The van der Waals surface area contributed by atoms with Crippen LogP contribution in [0.4, 0.5) is 4.79 Å². The van der Waals surface area contributed by atoms with E-state index in [4.69, 9.17) is 4.74 Å². The normalized spacial score (nSPS) is 12.7. The minimum atomic E-state index is -0.506. The Morgan fingerprint density at radius 1 is 1.16 bits per heavy atom. The lowest BCUT2D eigenvalue weighted by Crippen LogP contribution is -2.54. The van der Waals surface area contributed by atoms with E-state index in [-0.39, 0.29) is 24.0 Å². The summed E-state index contributed by atoms with van der Waals surface area (Å²) in [4.78, 5) is 18.3. The Balaban J connectivity index is 0. The van der Waals surface area contributed by atoms with Crippen molar-refractivity contribution in [2.24, 2.45) is 4.99 Å². The van der Waals surface area contributed by atoms with E-state index in [0.29, 0.717) is 18.5 Å². The summed E-state index contributed by atoms with van der Waals surface area (Å²) in [5.74, 6) is 0.714. The van der Waals surface area contributed by atoms with E-state index in [9.17, 15) is 4.79 Å². The highest BCUT2D eigenvalue weighted by molar-refractivity contribution is 14.0. The van der Waals surface area contributed by atoms with Crippen LogP contribution < -0.4 is 16.0 Å². The maximum atomic E-state index is 11.9. The number of halogens is 1. The molecule has 0 aromatic rings. The predicted octanol–water partition coefficient (Wildman–Crippen LogP) is 2.41. The number of nitrogens with one attached hydrogen (secondary N) is 3. The topological polar surface area (TPSA) is 78.0 Å². The van der Waals surface area contributed by atoms with Crippen LogP contribution in [-0.2, 0) is 4.74 Å². The van der Waals surface area contributed by atoms with E-state index in [0.717, 1.165) is 13.1 Å². The predicted molar refractivity (Wildman–Crippen MR) is 116 cm³/mol. The standard InChI is InChI=1S/C17H37N5O2.HI/c1-13(2)22(9)11-10-19-14(18-8)20-12-17(6,7)21-15(23)24-16(3,4)5;/h13H,10-12H2,1-9H3,(H,21,23)(H2,18,19,20);1H. The number of likely N-dealkylation sites (N-methyl/N-ethyl adjacent to an activating group) is 1. The summed E-state index contributed by atoms with van der Waals surface area (Å²) < 4.78 is 5.29. The van der Waals surface area contributed by atoms with Crippen molar-refractivity contribution in [3.8, 4) is 0 Å². The molecule has 0 radical (unpaired) electrons. The Labute approximate surface area is 170 Å². The van der Waals surface area contributed by atoms with Crippen molar-refractivity contribution in [3.05, 3.63) is 0 Å². The summed E-state index contributed by atoms with van der Waals surface area (Å²) in [7, 11) is 3.83. The molecule has 150 valence electrons. The molecule has 0 spiro atoms. The van der Waals surface area contributed by atoms with Gasteiger partial charge < -0.3 is 25.6 Å². The third-order valence-electron chi connectivity index (χ3n) is 3.40. The van der Waals surface area contributed by atoms with E-state index >= 15 is 0 Å². The zero-order valence-corrected chi connectivity index (χ0v) is 19.6. The number of amides is 1. The van der Waals surface area contributed by atoms with Gasteiger partial charge in [0.05, 0.1) is 5.54 Å². The fraction of sp³-hybridized carbons (Fsp3) is 0.882. The number of guanidine groups is 1. The molecule has 0 aliphatic rings. The summed E-state index contributed by atoms with van der Waals surface area (Å²) in [5, 5.41) is 9.37. The van der Waals surface area contributed by atoms with Crippen LogP contribution in [0.15, 0.2) is 4.99 Å². The van der Waals surface area contributed by atoms with Crippen LogP contribution in [0.2, 0.25) is 0 Å². The number of alkyl carbamates (subject to hydrolysis) is 1. The zero-order valence-electron chi connectivity index (χ0n) is 17.3. The molecular weight excluding hydrogens is 433 g/mol. The van der Waals surface area contributed by atoms with Crippen LogP contribution in [-0.4, -0.2) is 67.9 Å². The van der Waals surface area contributed by atoms with Crippen molar-refractivity contribution in [3.63, 3.8) is 0 Å². The minimum Gasteiger partial charge on any atom is -0.444 e. The van der Waals surface area contributed by atoms with Crippen molar-refractivity contribution < 1.29 is 9.53 Å². The van der Waals surface area contributed by atoms with Crippen molar-refractivity contribution in [2.45, 2.75) is 65.6 Å². The van der Waals surface area contributed by atoms with Crippen LogP contribution in [0.25, 0.3) is 0 Å². The lowest BCUT2D eigenvalue weighted by atomic mass is 10.1. The van der Waals surface area contributed by atoms with Gasteiger partial charge in [0.1, 0.15) is 5.60 Å². The summed E-state index contributed by atoms with van der Waals surface area (Å²) in [6.07, 6.45) is -0.421. The molecule has 8 heteroatoms. The summed E-state index contributed by atoms with van der Waals surface area (Å²) in [6, 6.07) is 0.513. The molecule has 0 fully saturated rings. The van der Waals surface area contributed by atoms with Crippen LogP contribution in [0.3, 0.4) is 0 Å². The van der Waals surface area contributed by atoms with Gasteiger partial charge in [0, 0.05) is 32.7 Å². The van der Waals surface area contributed by atoms with E-state index in [1.54, 1.807) is 7.05 Å². The number of rotatable bonds is 7. The molecule has 0 saturated carbocycles. The molecule has 3 N–H and O–H groups in total. The number of carbonyl (C=O) groups is 1. The lowest BCUT2D eigenvalue weighted by Gasteiger charge is -2.29. The Morgan fingerprint density at radius 3 is 2.16 bits per heavy atom. The summed E-state index contributed by atoms with van der Waals surface area (Å²) in [5.41, 5.74) is -0.970. The van der Waals surface area contributed by atoms with Crippen LogP contribution in [0.1, 0.15) is 48.5 Å². The number of hydrogen-bond donors (Lipinski definition) is 3. The first-order chi connectivity index (χ1) is 10.9. The monoisotopic (exact) mass is 471 g/mol. The van der Waals surface area contributed by atoms with Gasteiger partial charge in [-0.1, -0.05) is 0 Å². The lowest BCUT2D eigenvalue weighted by molar-refractivity contribution is 0.0474. The number of hydrogen-bond acceptors (Lipinski definition) is 4. The second-order valence-electron chi connectivity index (χ2n) is 7.94. The first-order valence-corrected chi connectivity index (χ1v) is 8.52. The molecular formula is C17H38IN5O2. The van der Waals surface area contributed by atoms with Gasteiger partial charge in [-0.3, -0.25) is 4.99 Å². The highest BCUT2D eigenvalue weighted by Crippen LogP contribution is 2.09. The van der Waals surface area contributed by atoms with Gasteiger partial charge in [-0.2, -0.15) is 0 Å². The largest absolute Gasteiger partial charge is 0.444 e. The van der Waals surface area contributed by atoms with Gasteiger partial charge >= 0.3 is 6.09 Å². The number of ether oxygens (including phenoxy) is 1. The summed E-state index contributed by atoms with van der Waals surface area (Å²) >= 11 is 0. The molecule has 0 atom stereocenters. The van der Waals surface area contributed by atoms with E-state index < -0.39 is 17.2 Å². The molecule has 7 nitrogen and oxygen atoms in total. The first-order valence-electron chi connectivity index (χ1n) is 8.52. The average Bonchev–Trinajstić information content (AvgIpc) is 2.39. The minimum absolute atomic E-state index is 0. The molecule has 0 heterocycles. The second-order valence-corrected chi connectivity index (χ2v) is 7.94. The fourth-order valence-electron chi connectivity index (χ4n) is 1.76. The van der Waals surface area contributed by atoms with Crippen LogP contribution in [0, 0.1) is 0 Å².